The molecule has 1 aromatic carbocycles. The number of carboxylic acid groups (broad SMARTS) is 1. The van der Waals surface area contributed by atoms with Crippen LogP contribution in [0.2, 0.25) is 0 Å². The average molecular weight is 224 g/mol. The molecule has 1 rings (SSSR count). The zero-order valence-electron chi connectivity index (χ0n) is 8.93. The Kier molecular flexibility index (Phi) is 3.63. The van der Waals surface area contributed by atoms with Crippen molar-refractivity contribution in [3.8, 4) is 5.75 Å². The van der Waals surface area contributed by atoms with E-state index in [0.29, 0.717) is 11.8 Å². The molecular weight excluding hydrogens is 212 g/mol. The van der Waals surface area contributed by atoms with Crippen molar-refractivity contribution in [2.75, 3.05) is 7.11 Å². The third kappa shape index (κ3) is 2.20. The van der Waals surface area contributed by atoms with Crippen molar-refractivity contribution < 1.29 is 24.5 Å². The number of rotatable bonds is 4. The van der Waals surface area contributed by atoms with Gasteiger partial charge in [-0.1, -0.05) is 6.07 Å². The Morgan fingerprint density at radius 1 is 1.50 bits per heavy atom. The summed E-state index contributed by atoms with van der Waals surface area (Å²) in [4.78, 5) is 21.5. The van der Waals surface area contributed by atoms with Crippen LogP contribution in [-0.2, 0) is 4.79 Å². The number of benzene rings is 1. The van der Waals surface area contributed by atoms with E-state index in [0.717, 1.165) is 0 Å². The van der Waals surface area contributed by atoms with Crippen LogP contribution in [-0.4, -0.2) is 29.6 Å². The van der Waals surface area contributed by atoms with Crippen molar-refractivity contribution in [3.63, 3.8) is 0 Å². The molecule has 16 heavy (non-hydrogen) atoms. The second-order valence-electron chi connectivity index (χ2n) is 3.33. The summed E-state index contributed by atoms with van der Waals surface area (Å²) in [6, 6.07) is 3.05. The van der Waals surface area contributed by atoms with E-state index in [1.807, 2.05) is 0 Å². The first kappa shape index (κ1) is 12.2. The Labute approximate surface area is 92.3 Å². The Hall–Kier alpha value is -1.88. The first-order chi connectivity index (χ1) is 7.51. The van der Waals surface area contributed by atoms with E-state index in [4.69, 9.17) is 9.84 Å². The number of aliphatic carboxylic acids is 1. The number of methoxy groups -OCH3 is 1. The Morgan fingerprint density at radius 3 is 2.56 bits per heavy atom. The van der Waals surface area contributed by atoms with Gasteiger partial charge < -0.3 is 14.9 Å². The lowest BCUT2D eigenvalue weighted by Gasteiger charge is -2.13. The number of carbonyl (C=O) groups is 2. The topological polar surface area (TPSA) is 83.8 Å². The maximum atomic E-state index is 10.9. The van der Waals surface area contributed by atoms with E-state index in [1.54, 1.807) is 13.0 Å². The van der Waals surface area contributed by atoms with Crippen LogP contribution in [0.4, 0.5) is 0 Å². The second-order valence-corrected chi connectivity index (χ2v) is 3.33. The van der Waals surface area contributed by atoms with Crippen molar-refractivity contribution in [1.29, 1.82) is 0 Å². The van der Waals surface area contributed by atoms with Crippen LogP contribution in [0, 0.1) is 6.92 Å². The molecular formula is C11H12O5. The Balaban J connectivity index is 3.41. The first-order valence-electron chi connectivity index (χ1n) is 4.55. The zero-order valence-corrected chi connectivity index (χ0v) is 8.93. The molecule has 0 aliphatic rings. The maximum Gasteiger partial charge on any atom is 0.337 e. The van der Waals surface area contributed by atoms with Gasteiger partial charge in [-0.25, -0.2) is 4.79 Å². The summed E-state index contributed by atoms with van der Waals surface area (Å²) in [7, 11) is 1.37. The smallest absolute Gasteiger partial charge is 0.337 e. The van der Waals surface area contributed by atoms with Gasteiger partial charge in [-0.3, -0.25) is 4.79 Å². The normalized spacial score (nSPS) is 11.9. The summed E-state index contributed by atoms with van der Waals surface area (Å²) < 4.78 is 4.95. The molecule has 0 radical (unpaired) electrons. The second kappa shape index (κ2) is 4.76. The molecule has 1 aromatic rings. The molecule has 2 N–H and O–H groups in total. The fourth-order valence-electron chi connectivity index (χ4n) is 1.45. The van der Waals surface area contributed by atoms with Crippen molar-refractivity contribution >= 4 is 12.3 Å². The summed E-state index contributed by atoms with van der Waals surface area (Å²) in [5.41, 5.74) is 0.806. The van der Waals surface area contributed by atoms with Crippen LogP contribution in [0.1, 0.15) is 27.6 Å². The summed E-state index contributed by atoms with van der Waals surface area (Å²) in [6.07, 6.45) is -1.26. The molecule has 0 bridgehead atoms. The number of aryl methyl sites for hydroxylation is 1. The third-order valence-electron chi connectivity index (χ3n) is 2.18. The molecule has 1 atom stereocenters. The van der Waals surface area contributed by atoms with Crippen LogP contribution in [0.15, 0.2) is 12.1 Å². The zero-order chi connectivity index (χ0) is 12.3. The van der Waals surface area contributed by atoms with Crippen LogP contribution >= 0.6 is 0 Å². The SMILES string of the molecule is COc1cc(C)cc(C(O)C(=O)O)c1C=O. The maximum absolute atomic E-state index is 10.9. The lowest BCUT2D eigenvalue weighted by molar-refractivity contribution is -0.146. The number of hydrogen-bond donors (Lipinski definition) is 2. The van der Waals surface area contributed by atoms with Gasteiger partial charge in [0.2, 0.25) is 0 Å². The quantitative estimate of drug-likeness (QED) is 0.743. The van der Waals surface area contributed by atoms with E-state index in [2.05, 4.69) is 0 Å². The Bertz CT molecular complexity index is 425. The molecule has 0 aliphatic carbocycles. The monoisotopic (exact) mass is 224 g/mol. The lowest BCUT2D eigenvalue weighted by atomic mass is 9.99. The summed E-state index contributed by atoms with van der Waals surface area (Å²) in [5, 5.41) is 18.1. The van der Waals surface area contributed by atoms with Crippen LogP contribution in [0.5, 0.6) is 5.75 Å². The van der Waals surface area contributed by atoms with Crippen LogP contribution in [0.25, 0.3) is 0 Å². The highest BCUT2D eigenvalue weighted by atomic mass is 16.5. The van der Waals surface area contributed by atoms with Gasteiger partial charge in [-0.2, -0.15) is 0 Å². The third-order valence-corrected chi connectivity index (χ3v) is 2.18. The summed E-state index contributed by atoms with van der Waals surface area (Å²) >= 11 is 0. The van der Waals surface area contributed by atoms with Crippen molar-refractivity contribution in [2.24, 2.45) is 0 Å². The van der Waals surface area contributed by atoms with E-state index >= 15 is 0 Å². The van der Waals surface area contributed by atoms with Crippen LogP contribution < -0.4 is 4.74 Å². The minimum absolute atomic E-state index is 0.0411. The van der Waals surface area contributed by atoms with Gasteiger partial charge in [0.1, 0.15) is 5.75 Å². The van der Waals surface area contributed by atoms with Gasteiger partial charge in [0.05, 0.1) is 12.7 Å². The van der Waals surface area contributed by atoms with Crippen LogP contribution in [0.3, 0.4) is 0 Å². The average Bonchev–Trinajstić information content (AvgIpc) is 2.26. The predicted molar refractivity (Wildman–Crippen MR) is 55.7 cm³/mol. The number of carbonyl (C=O) groups excluding carboxylic acids is 1. The molecule has 0 fully saturated rings. The number of aliphatic hydroxyl groups is 1. The number of carboxylic acids is 1. The standard InChI is InChI=1S/C11H12O5/c1-6-3-7(10(13)11(14)15)8(5-12)9(4-6)16-2/h3-5,10,13H,1-2H3,(H,14,15). The molecule has 0 amide bonds. The molecule has 0 saturated heterocycles. The van der Waals surface area contributed by atoms with Crippen molar-refractivity contribution in [3.05, 3.63) is 28.8 Å². The highest BCUT2D eigenvalue weighted by Gasteiger charge is 2.22. The van der Waals surface area contributed by atoms with Gasteiger partial charge in [-0.05, 0) is 18.6 Å². The molecule has 0 aliphatic heterocycles. The molecule has 1 unspecified atom stereocenters. The minimum Gasteiger partial charge on any atom is -0.496 e. The number of ether oxygens (including phenoxy) is 1. The highest BCUT2D eigenvalue weighted by molar-refractivity contribution is 5.86. The molecule has 5 nitrogen and oxygen atoms in total. The molecule has 0 spiro atoms. The van der Waals surface area contributed by atoms with Gasteiger partial charge in [0.15, 0.2) is 12.4 Å². The first-order valence-corrected chi connectivity index (χ1v) is 4.55. The Morgan fingerprint density at radius 2 is 2.12 bits per heavy atom. The molecule has 5 heteroatoms. The number of aldehydes is 1. The largest absolute Gasteiger partial charge is 0.496 e. The summed E-state index contributed by atoms with van der Waals surface area (Å²) in [6.45, 7) is 1.72. The van der Waals surface area contributed by atoms with Crippen molar-refractivity contribution in [2.45, 2.75) is 13.0 Å². The fraction of sp³-hybridized carbons (Fsp3) is 0.273. The van der Waals surface area contributed by atoms with Gasteiger partial charge in [0, 0.05) is 5.56 Å². The van der Waals surface area contributed by atoms with E-state index in [-0.39, 0.29) is 16.9 Å². The number of hydrogen-bond acceptors (Lipinski definition) is 4. The minimum atomic E-state index is -1.73. The van der Waals surface area contributed by atoms with E-state index < -0.39 is 12.1 Å². The molecule has 0 saturated carbocycles. The predicted octanol–water partition coefficient (Wildman–Crippen LogP) is 0.934. The van der Waals surface area contributed by atoms with E-state index in [9.17, 15) is 14.7 Å². The highest BCUT2D eigenvalue weighted by Crippen LogP contribution is 2.27. The fourth-order valence-corrected chi connectivity index (χ4v) is 1.45. The lowest BCUT2D eigenvalue weighted by Crippen LogP contribution is -2.13. The van der Waals surface area contributed by atoms with Gasteiger partial charge in [0.25, 0.3) is 0 Å². The molecule has 86 valence electrons. The van der Waals surface area contributed by atoms with Crippen molar-refractivity contribution in [1.82, 2.24) is 0 Å². The molecule has 0 aromatic heterocycles. The molecule has 0 heterocycles. The van der Waals surface area contributed by atoms with Gasteiger partial charge in [-0.15, -0.1) is 0 Å². The van der Waals surface area contributed by atoms with E-state index in [1.165, 1.54) is 13.2 Å². The van der Waals surface area contributed by atoms with Gasteiger partial charge >= 0.3 is 5.97 Å². The number of aliphatic hydroxyl groups excluding tert-OH is 1. The summed E-state index contributed by atoms with van der Waals surface area (Å²) in [5.74, 6) is -1.15.